The fraction of sp³-hybridized carbons (Fsp3) is 0.273. The number of anilines is 1. The molecule has 1 aliphatic heterocycles. The van der Waals surface area contributed by atoms with Gasteiger partial charge < -0.3 is 5.32 Å². The second-order valence-electron chi connectivity index (χ2n) is 7.45. The van der Waals surface area contributed by atoms with E-state index in [0.29, 0.717) is 31.1 Å². The van der Waals surface area contributed by atoms with Crippen LogP contribution in [0.4, 0.5) is 5.69 Å². The van der Waals surface area contributed by atoms with Crippen molar-refractivity contribution in [3.8, 4) is 0 Å². The van der Waals surface area contributed by atoms with E-state index in [9.17, 15) is 13.2 Å². The van der Waals surface area contributed by atoms with Crippen molar-refractivity contribution in [2.24, 2.45) is 0 Å². The zero-order chi connectivity index (χ0) is 21.1. The number of sulfonamides is 1. The first-order valence-corrected chi connectivity index (χ1v) is 11.3. The van der Waals surface area contributed by atoms with Crippen LogP contribution in [-0.2, 0) is 14.8 Å². The molecule has 2 heterocycles. The summed E-state index contributed by atoms with van der Waals surface area (Å²) in [6.07, 6.45) is 1.74. The molecule has 1 saturated heterocycles. The summed E-state index contributed by atoms with van der Waals surface area (Å²) in [6, 6.07) is 16.3. The number of benzene rings is 2. The van der Waals surface area contributed by atoms with Gasteiger partial charge in [-0.15, -0.1) is 0 Å². The van der Waals surface area contributed by atoms with Gasteiger partial charge in [0, 0.05) is 43.4 Å². The highest BCUT2D eigenvalue weighted by Gasteiger charge is 2.29. The number of carbonyl (C=O) groups is 1. The van der Waals surface area contributed by atoms with Crippen LogP contribution in [0, 0.1) is 6.92 Å². The molecule has 1 N–H and O–H groups in total. The van der Waals surface area contributed by atoms with Gasteiger partial charge in [0.2, 0.25) is 15.9 Å². The second kappa shape index (κ2) is 8.51. The van der Waals surface area contributed by atoms with Crippen molar-refractivity contribution in [1.82, 2.24) is 14.2 Å². The summed E-state index contributed by atoms with van der Waals surface area (Å²) in [5.41, 5.74) is 2.62. The van der Waals surface area contributed by atoms with Crippen molar-refractivity contribution in [3.05, 3.63) is 66.4 Å². The summed E-state index contributed by atoms with van der Waals surface area (Å²) in [5.74, 6) is -0.118. The molecule has 7 nitrogen and oxygen atoms in total. The van der Waals surface area contributed by atoms with Gasteiger partial charge in [0.1, 0.15) is 0 Å². The van der Waals surface area contributed by atoms with Crippen LogP contribution in [0.2, 0.25) is 0 Å². The normalized spacial score (nSPS) is 15.9. The molecule has 0 bridgehead atoms. The van der Waals surface area contributed by atoms with Crippen molar-refractivity contribution in [2.45, 2.75) is 11.8 Å². The van der Waals surface area contributed by atoms with Crippen LogP contribution < -0.4 is 5.32 Å². The van der Waals surface area contributed by atoms with Crippen LogP contribution in [0.25, 0.3) is 10.9 Å². The number of carbonyl (C=O) groups excluding carboxylic acids is 1. The third-order valence-corrected chi connectivity index (χ3v) is 7.16. The van der Waals surface area contributed by atoms with E-state index in [4.69, 9.17) is 0 Å². The van der Waals surface area contributed by atoms with E-state index < -0.39 is 10.0 Å². The number of pyridine rings is 1. The molecule has 0 aliphatic carbocycles. The standard InChI is InChI=1S/C22H24N4O3S/c1-17-4-7-20(8-5-17)30(28,29)26-13-11-25(12-14-26)16-22(27)24-19-6-9-21-18(15-19)3-2-10-23-21/h2-10,15H,11-14,16H2,1H3,(H,24,27). The molecule has 30 heavy (non-hydrogen) atoms. The first-order chi connectivity index (χ1) is 14.4. The van der Waals surface area contributed by atoms with Crippen LogP contribution in [0.15, 0.2) is 65.7 Å². The number of aryl methyl sites for hydroxylation is 1. The third-order valence-electron chi connectivity index (χ3n) is 5.24. The summed E-state index contributed by atoms with van der Waals surface area (Å²) in [7, 11) is -3.50. The summed E-state index contributed by atoms with van der Waals surface area (Å²) >= 11 is 0. The zero-order valence-corrected chi connectivity index (χ0v) is 17.6. The maximum Gasteiger partial charge on any atom is 0.243 e. The topological polar surface area (TPSA) is 82.6 Å². The second-order valence-corrected chi connectivity index (χ2v) is 9.39. The van der Waals surface area contributed by atoms with Gasteiger partial charge in [0.25, 0.3) is 0 Å². The lowest BCUT2D eigenvalue weighted by molar-refractivity contribution is -0.117. The van der Waals surface area contributed by atoms with Crippen LogP contribution >= 0.6 is 0 Å². The molecule has 0 radical (unpaired) electrons. The molecular weight excluding hydrogens is 400 g/mol. The van der Waals surface area contributed by atoms with Crippen molar-refractivity contribution in [1.29, 1.82) is 0 Å². The lowest BCUT2D eigenvalue weighted by atomic mass is 10.2. The summed E-state index contributed by atoms with van der Waals surface area (Å²) in [4.78, 5) is 19.0. The van der Waals surface area contributed by atoms with Gasteiger partial charge >= 0.3 is 0 Å². The summed E-state index contributed by atoms with van der Waals surface area (Å²) < 4.78 is 27.1. The van der Waals surface area contributed by atoms with E-state index in [2.05, 4.69) is 10.3 Å². The predicted octanol–water partition coefficient (Wildman–Crippen LogP) is 2.49. The molecule has 1 aliphatic rings. The van der Waals surface area contributed by atoms with E-state index >= 15 is 0 Å². The van der Waals surface area contributed by atoms with E-state index in [1.807, 2.05) is 42.2 Å². The van der Waals surface area contributed by atoms with Crippen LogP contribution in [0.1, 0.15) is 5.56 Å². The van der Waals surface area contributed by atoms with Gasteiger partial charge in [-0.05, 0) is 43.3 Å². The highest BCUT2D eigenvalue weighted by atomic mass is 32.2. The van der Waals surface area contributed by atoms with Gasteiger partial charge in [-0.3, -0.25) is 14.7 Å². The quantitative estimate of drug-likeness (QED) is 0.681. The largest absolute Gasteiger partial charge is 0.325 e. The number of piperazine rings is 1. The smallest absolute Gasteiger partial charge is 0.243 e. The minimum Gasteiger partial charge on any atom is -0.325 e. The minimum absolute atomic E-state index is 0.118. The average Bonchev–Trinajstić information content (AvgIpc) is 2.74. The first-order valence-electron chi connectivity index (χ1n) is 9.86. The number of amides is 1. The maximum atomic E-state index is 12.8. The Hall–Kier alpha value is -2.81. The predicted molar refractivity (Wildman–Crippen MR) is 117 cm³/mol. The molecule has 8 heteroatoms. The molecule has 0 saturated carbocycles. The Balaban J connectivity index is 1.32. The van der Waals surface area contributed by atoms with Crippen LogP contribution in [-0.4, -0.2) is 61.2 Å². The third kappa shape index (κ3) is 4.51. The zero-order valence-electron chi connectivity index (χ0n) is 16.8. The summed E-state index contributed by atoms with van der Waals surface area (Å²) in [5, 5.41) is 3.88. The number of aromatic nitrogens is 1. The van der Waals surface area contributed by atoms with Gasteiger partial charge in [-0.25, -0.2) is 8.42 Å². The molecule has 1 fully saturated rings. The fourth-order valence-electron chi connectivity index (χ4n) is 3.54. The van der Waals surface area contributed by atoms with Gasteiger partial charge in [0.05, 0.1) is 17.0 Å². The highest BCUT2D eigenvalue weighted by Crippen LogP contribution is 2.19. The maximum absolute atomic E-state index is 12.8. The van der Waals surface area contributed by atoms with E-state index in [1.54, 1.807) is 30.5 Å². The Labute approximate surface area is 176 Å². The Bertz CT molecular complexity index is 1150. The molecule has 0 spiro atoms. The van der Waals surface area contributed by atoms with Gasteiger partial charge in [-0.2, -0.15) is 4.31 Å². The summed E-state index contributed by atoms with van der Waals surface area (Å²) in [6.45, 7) is 3.91. The minimum atomic E-state index is -3.50. The molecule has 0 unspecified atom stereocenters. The molecule has 2 aromatic carbocycles. The Morgan fingerprint density at radius 3 is 2.50 bits per heavy atom. The van der Waals surface area contributed by atoms with Crippen molar-refractivity contribution < 1.29 is 13.2 Å². The number of fused-ring (bicyclic) bond motifs is 1. The molecule has 1 amide bonds. The van der Waals surface area contributed by atoms with E-state index in [-0.39, 0.29) is 12.5 Å². The lowest BCUT2D eigenvalue weighted by Gasteiger charge is -2.33. The van der Waals surface area contributed by atoms with E-state index in [1.165, 1.54) is 4.31 Å². The molecule has 156 valence electrons. The van der Waals surface area contributed by atoms with Crippen LogP contribution in [0.3, 0.4) is 0 Å². The molecule has 3 aromatic rings. The Morgan fingerprint density at radius 2 is 1.77 bits per heavy atom. The monoisotopic (exact) mass is 424 g/mol. The number of hydrogen-bond donors (Lipinski definition) is 1. The van der Waals surface area contributed by atoms with Crippen molar-refractivity contribution >= 4 is 32.5 Å². The van der Waals surface area contributed by atoms with Crippen molar-refractivity contribution in [3.63, 3.8) is 0 Å². The van der Waals surface area contributed by atoms with Gasteiger partial charge in [-0.1, -0.05) is 23.8 Å². The lowest BCUT2D eigenvalue weighted by Crippen LogP contribution is -2.50. The SMILES string of the molecule is Cc1ccc(S(=O)(=O)N2CCN(CC(=O)Nc3ccc4ncccc4c3)CC2)cc1. The van der Waals surface area contributed by atoms with Crippen molar-refractivity contribution in [2.75, 3.05) is 38.0 Å². The van der Waals surface area contributed by atoms with E-state index in [0.717, 1.165) is 22.2 Å². The number of rotatable bonds is 5. The number of nitrogens with zero attached hydrogens (tertiary/aromatic N) is 3. The van der Waals surface area contributed by atoms with Gasteiger partial charge in [0.15, 0.2) is 0 Å². The fourth-order valence-corrected chi connectivity index (χ4v) is 4.97. The molecule has 4 rings (SSSR count). The molecule has 1 aromatic heterocycles. The van der Waals surface area contributed by atoms with Crippen LogP contribution in [0.5, 0.6) is 0 Å². The highest BCUT2D eigenvalue weighted by molar-refractivity contribution is 7.89. The Kier molecular flexibility index (Phi) is 5.80. The molecule has 0 atom stereocenters. The Morgan fingerprint density at radius 1 is 1.03 bits per heavy atom. The number of hydrogen-bond acceptors (Lipinski definition) is 5. The number of nitrogens with one attached hydrogen (secondary N) is 1. The average molecular weight is 425 g/mol. The molecular formula is C22H24N4O3S. The first kappa shape index (κ1) is 20.5.